The van der Waals surface area contributed by atoms with E-state index in [4.69, 9.17) is 0 Å². The minimum absolute atomic E-state index is 0.110. The first kappa shape index (κ1) is 16.5. The molecular weight excluding hydrogens is 312 g/mol. The van der Waals surface area contributed by atoms with Gasteiger partial charge in [-0.2, -0.15) is 4.31 Å². The van der Waals surface area contributed by atoms with Crippen molar-refractivity contribution in [3.8, 4) is 0 Å². The number of hydrogen-bond acceptors (Lipinski definition) is 3. The minimum atomic E-state index is -3.43. The summed E-state index contributed by atoms with van der Waals surface area (Å²) in [5, 5.41) is 3.05. The molecule has 1 aromatic rings. The van der Waals surface area contributed by atoms with Crippen molar-refractivity contribution in [2.75, 3.05) is 12.8 Å². The third-order valence-electron chi connectivity index (χ3n) is 5.08. The maximum Gasteiger partial charge on any atom is 0.235 e. The van der Waals surface area contributed by atoms with Gasteiger partial charge in [-0.1, -0.05) is 36.8 Å². The van der Waals surface area contributed by atoms with E-state index in [0.29, 0.717) is 5.92 Å². The molecule has 0 radical (unpaired) electrons. The highest BCUT2D eigenvalue weighted by molar-refractivity contribution is 7.88. The number of carbonyl (C=O) groups excluding carboxylic acids is 1. The van der Waals surface area contributed by atoms with E-state index >= 15 is 0 Å². The predicted molar refractivity (Wildman–Crippen MR) is 89.1 cm³/mol. The number of rotatable bonds is 6. The van der Waals surface area contributed by atoms with E-state index in [9.17, 15) is 13.2 Å². The van der Waals surface area contributed by atoms with Crippen LogP contribution in [-0.2, 0) is 21.4 Å². The first-order valence-electron chi connectivity index (χ1n) is 8.20. The number of sulfonamides is 1. The molecule has 0 aromatic heterocycles. The van der Waals surface area contributed by atoms with Gasteiger partial charge in [0.2, 0.25) is 15.9 Å². The molecule has 5 nitrogen and oxygen atoms in total. The van der Waals surface area contributed by atoms with Crippen LogP contribution < -0.4 is 5.32 Å². The second kappa shape index (κ2) is 6.61. The van der Waals surface area contributed by atoms with Crippen LogP contribution in [0.4, 0.5) is 0 Å². The van der Waals surface area contributed by atoms with Gasteiger partial charge in [0.15, 0.2) is 0 Å². The topological polar surface area (TPSA) is 66.5 Å². The summed E-state index contributed by atoms with van der Waals surface area (Å²) in [6.07, 6.45) is 5.88. The Hall–Kier alpha value is -1.40. The van der Waals surface area contributed by atoms with E-state index < -0.39 is 10.0 Å². The fraction of sp³-hybridized carbons (Fsp3) is 0.588. The lowest BCUT2D eigenvalue weighted by atomic mass is 9.95. The molecule has 2 bridgehead atoms. The number of hydrogen-bond donors (Lipinski definition) is 1. The normalized spacial score (nSPS) is 26.6. The molecular formula is C17H24N2O3S. The zero-order chi connectivity index (χ0) is 16.4. The lowest BCUT2D eigenvalue weighted by molar-refractivity contribution is -0.122. The van der Waals surface area contributed by atoms with Gasteiger partial charge in [-0.3, -0.25) is 4.79 Å². The second-order valence-electron chi connectivity index (χ2n) is 6.87. The number of fused-ring (bicyclic) bond motifs is 2. The molecule has 0 heterocycles. The molecule has 126 valence electrons. The van der Waals surface area contributed by atoms with Crippen molar-refractivity contribution in [3.63, 3.8) is 0 Å². The van der Waals surface area contributed by atoms with Crippen LogP contribution in [0.1, 0.15) is 31.2 Å². The molecule has 23 heavy (non-hydrogen) atoms. The van der Waals surface area contributed by atoms with Crippen molar-refractivity contribution < 1.29 is 13.2 Å². The van der Waals surface area contributed by atoms with E-state index in [2.05, 4.69) is 5.32 Å². The molecule has 0 saturated heterocycles. The molecule has 2 fully saturated rings. The Bertz CT molecular complexity index is 660. The second-order valence-corrected chi connectivity index (χ2v) is 8.85. The quantitative estimate of drug-likeness (QED) is 0.861. The Morgan fingerprint density at radius 1 is 1.22 bits per heavy atom. The molecule has 0 spiro atoms. The van der Waals surface area contributed by atoms with E-state index in [0.717, 1.165) is 24.2 Å². The van der Waals surface area contributed by atoms with E-state index in [1.165, 1.54) is 23.6 Å². The molecule has 3 unspecified atom stereocenters. The summed E-state index contributed by atoms with van der Waals surface area (Å²) in [6.45, 7) is 0.116. The standard InChI is InChI=1S/C17H24N2O3S/c1-23(21,22)19(11-13-5-3-2-4-6-13)12-17(20)18-16-10-14-7-8-15(16)9-14/h2-6,14-16H,7-12H2,1H3,(H,18,20). The van der Waals surface area contributed by atoms with Crippen LogP contribution in [0.3, 0.4) is 0 Å². The Kier molecular flexibility index (Phi) is 4.73. The van der Waals surface area contributed by atoms with Crippen molar-refractivity contribution in [1.82, 2.24) is 9.62 Å². The summed E-state index contributed by atoms with van der Waals surface area (Å²) in [7, 11) is -3.43. The lowest BCUT2D eigenvalue weighted by Gasteiger charge is -2.25. The van der Waals surface area contributed by atoms with Gasteiger partial charge in [0.25, 0.3) is 0 Å². The fourth-order valence-electron chi connectivity index (χ4n) is 3.91. The van der Waals surface area contributed by atoms with Crippen LogP contribution in [0.2, 0.25) is 0 Å². The zero-order valence-electron chi connectivity index (χ0n) is 13.4. The molecule has 3 rings (SSSR count). The maximum absolute atomic E-state index is 12.3. The molecule has 1 amide bonds. The summed E-state index contributed by atoms with van der Waals surface area (Å²) in [5.74, 6) is 1.15. The average molecular weight is 336 g/mol. The van der Waals surface area contributed by atoms with Crippen LogP contribution in [0.15, 0.2) is 30.3 Å². The smallest absolute Gasteiger partial charge is 0.235 e. The van der Waals surface area contributed by atoms with Gasteiger partial charge < -0.3 is 5.32 Å². The van der Waals surface area contributed by atoms with E-state index in [1.54, 1.807) is 0 Å². The predicted octanol–water partition coefficient (Wildman–Crippen LogP) is 1.75. The molecule has 2 aliphatic rings. The molecule has 6 heteroatoms. The fourth-order valence-corrected chi connectivity index (χ4v) is 4.65. The largest absolute Gasteiger partial charge is 0.352 e. The van der Waals surface area contributed by atoms with Crippen molar-refractivity contribution in [2.45, 2.75) is 38.3 Å². The van der Waals surface area contributed by atoms with E-state index in [1.807, 2.05) is 30.3 Å². The van der Waals surface area contributed by atoms with Gasteiger partial charge in [0.1, 0.15) is 0 Å². The first-order chi connectivity index (χ1) is 10.9. The van der Waals surface area contributed by atoms with Gasteiger partial charge in [0.05, 0.1) is 12.8 Å². The number of benzene rings is 1. The van der Waals surface area contributed by atoms with Gasteiger partial charge in [-0.15, -0.1) is 0 Å². The monoisotopic (exact) mass is 336 g/mol. The zero-order valence-corrected chi connectivity index (χ0v) is 14.3. The number of nitrogens with zero attached hydrogens (tertiary/aromatic N) is 1. The Labute approximate surface area is 138 Å². The van der Waals surface area contributed by atoms with Crippen molar-refractivity contribution in [1.29, 1.82) is 0 Å². The third kappa shape index (κ3) is 4.12. The van der Waals surface area contributed by atoms with Crippen molar-refractivity contribution in [2.24, 2.45) is 11.8 Å². The Balaban J connectivity index is 1.61. The van der Waals surface area contributed by atoms with Crippen molar-refractivity contribution >= 4 is 15.9 Å². The van der Waals surface area contributed by atoms with Gasteiger partial charge >= 0.3 is 0 Å². The summed E-state index contributed by atoms with van der Waals surface area (Å²) >= 11 is 0. The molecule has 2 saturated carbocycles. The molecule has 1 aromatic carbocycles. The minimum Gasteiger partial charge on any atom is -0.352 e. The van der Waals surface area contributed by atoms with Gasteiger partial charge in [-0.25, -0.2) is 8.42 Å². The summed E-state index contributed by atoms with van der Waals surface area (Å²) in [5.41, 5.74) is 0.880. The van der Waals surface area contributed by atoms with Crippen molar-refractivity contribution in [3.05, 3.63) is 35.9 Å². The third-order valence-corrected chi connectivity index (χ3v) is 6.27. The van der Waals surface area contributed by atoms with Crippen LogP contribution in [-0.4, -0.2) is 37.5 Å². The highest BCUT2D eigenvalue weighted by atomic mass is 32.2. The van der Waals surface area contributed by atoms with Gasteiger partial charge in [0, 0.05) is 12.6 Å². The first-order valence-corrected chi connectivity index (χ1v) is 10.0. The SMILES string of the molecule is CS(=O)(=O)N(CC(=O)NC1CC2CCC1C2)Cc1ccccc1. The summed E-state index contributed by atoms with van der Waals surface area (Å²) in [4.78, 5) is 12.3. The van der Waals surface area contributed by atoms with E-state index in [-0.39, 0.29) is 25.0 Å². The summed E-state index contributed by atoms with van der Waals surface area (Å²) < 4.78 is 25.2. The molecule has 1 N–H and O–H groups in total. The highest BCUT2D eigenvalue weighted by Gasteiger charge is 2.40. The average Bonchev–Trinajstić information content (AvgIpc) is 3.09. The molecule has 3 atom stereocenters. The Morgan fingerprint density at radius 3 is 2.52 bits per heavy atom. The maximum atomic E-state index is 12.3. The van der Waals surface area contributed by atoms with Gasteiger partial charge in [-0.05, 0) is 36.7 Å². The molecule has 2 aliphatic carbocycles. The van der Waals surface area contributed by atoms with Crippen LogP contribution in [0.25, 0.3) is 0 Å². The number of amides is 1. The highest BCUT2D eigenvalue weighted by Crippen LogP contribution is 2.44. The number of carbonyl (C=O) groups is 1. The molecule has 0 aliphatic heterocycles. The van der Waals surface area contributed by atoms with Crippen LogP contribution >= 0.6 is 0 Å². The van der Waals surface area contributed by atoms with Crippen LogP contribution in [0.5, 0.6) is 0 Å². The van der Waals surface area contributed by atoms with Crippen LogP contribution in [0, 0.1) is 11.8 Å². The Morgan fingerprint density at radius 2 is 1.96 bits per heavy atom. The lowest BCUT2D eigenvalue weighted by Crippen LogP contribution is -2.45. The number of nitrogens with one attached hydrogen (secondary N) is 1. The summed E-state index contributed by atoms with van der Waals surface area (Å²) in [6, 6.07) is 9.59.